The molecule has 0 amide bonds. The van der Waals surface area contributed by atoms with Crippen molar-refractivity contribution in [2.24, 2.45) is 5.92 Å². The molecule has 0 bridgehead atoms. The molecule has 1 aromatic carbocycles. The molecular weight excluding hydrogens is 360 g/mol. The van der Waals surface area contributed by atoms with Gasteiger partial charge >= 0.3 is 0 Å². The van der Waals surface area contributed by atoms with E-state index in [1.165, 1.54) is 25.7 Å². The number of hydrogen-bond donors (Lipinski definition) is 0. The average Bonchev–Trinajstić information content (AvgIpc) is 2.77. The summed E-state index contributed by atoms with van der Waals surface area (Å²) in [5.74, 6) is 2.45. The number of hydrogen-bond acceptors (Lipinski definition) is 4. The van der Waals surface area contributed by atoms with Crippen LogP contribution >= 0.6 is 0 Å². The standard InChI is InChI=1S/C25H38N2O2/c1-4-6-7-16-28-17-9-11-22-19-26-25(27-20-22)23-12-14-24(15-13-23)29-18-8-10-21(3)5-2/h12-15,19-21H,4-11,16-18H2,1-3H3. The molecule has 0 aliphatic heterocycles. The Labute approximate surface area is 177 Å². The summed E-state index contributed by atoms with van der Waals surface area (Å²) in [5, 5.41) is 0. The topological polar surface area (TPSA) is 44.2 Å². The van der Waals surface area contributed by atoms with Crippen LogP contribution in [-0.4, -0.2) is 29.8 Å². The summed E-state index contributed by atoms with van der Waals surface area (Å²) in [5.41, 5.74) is 2.18. The van der Waals surface area contributed by atoms with Crippen LogP contribution in [0.3, 0.4) is 0 Å². The highest BCUT2D eigenvalue weighted by atomic mass is 16.5. The Bertz CT molecular complexity index is 656. The zero-order valence-electron chi connectivity index (χ0n) is 18.5. The predicted molar refractivity (Wildman–Crippen MR) is 120 cm³/mol. The van der Waals surface area contributed by atoms with Crippen LogP contribution in [0.5, 0.6) is 5.75 Å². The number of benzene rings is 1. The lowest BCUT2D eigenvalue weighted by Gasteiger charge is -2.10. The van der Waals surface area contributed by atoms with Crippen molar-refractivity contribution in [3.63, 3.8) is 0 Å². The Morgan fingerprint density at radius 3 is 2.28 bits per heavy atom. The highest BCUT2D eigenvalue weighted by molar-refractivity contribution is 5.55. The molecule has 0 aliphatic rings. The lowest BCUT2D eigenvalue weighted by atomic mass is 10.0. The van der Waals surface area contributed by atoms with E-state index in [1.807, 2.05) is 36.7 Å². The molecule has 2 aromatic rings. The molecular formula is C25H38N2O2. The minimum Gasteiger partial charge on any atom is -0.494 e. The second-order valence-electron chi connectivity index (χ2n) is 7.87. The van der Waals surface area contributed by atoms with Crippen LogP contribution in [0.25, 0.3) is 11.4 Å². The number of ether oxygens (including phenoxy) is 2. The molecule has 0 spiro atoms. The van der Waals surface area contributed by atoms with Gasteiger partial charge in [0.1, 0.15) is 5.75 Å². The largest absolute Gasteiger partial charge is 0.494 e. The van der Waals surface area contributed by atoms with E-state index in [4.69, 9.17) is 9.47 Å². The quantitative estimate of drug-likeness (QED) is 0.322. The third-order valence-corrected chi connectivity index (χ3v) is 5.27. The van der Waals surface area contributed by atoms with Gasteiger partial charge in [-0.1, -0.05) is 40.0 Å². The summed E-state index contributed by atoms with van der Waals surface area (Å²) in [6, 6.07) is 8.07. The normalized spacial score (nSPS) is 12.1. The summed E-state index contributed by atoms with van der Waals surface area (Å²) in [6.45, 7) is 9.20. The summed E-state index contributed by atoms with van der Waals surface area (Å²) in [4.78, 5) is 9.06. The maximum absolute atomic E-state index is 5.84. The molecule has 4 heteroatoms. The summed E-state index contributed by atoms with van der Waals surface area (Å²) in [7, 11) is 0. The molecule has 2 rings (SSSR count). The first-order valence-electron chi connectivity index (χ1n) is 11.3. The molecule has 0 fully saturated rings. The fraction of sp³-hybridized carbons (Fsp3) is 0.600. The van der Waals surface area contributed by atoms with Gasteiger partial charge in [0.05, 0.1) is 6.61 Å². The van der Waals surface area contributed by atoms with E-state index >= 15 is 0 Å². The lowest BCUT2D eigenvalue weighted by Crippen LogP contribution is -2.01. The molecule has 0 aliphatic carbocycles. The molecule has 0 radical (unpaired) electrons. The highest BCUT2D eigenvalue weighted by Gasteiger charge is 2.04. The van der Waals surface area contributed by atoms with Gasteiger partial charge in [-0.25, -0.2) is 9.97 Å². The Kier molecular flexibility index (Phi) is 11.4. The van der Waals surface area contributed by atoms with Gasteiger partial charge in [-0.15, -0.1) is 0 Å². The summed E-state index contributed by atoms with van der Waals surface area (Å²) >= 11 is 0. The van der Waals surface area contributed by atoms with Crippen LogP contribution < -0.4 is 4.74 Å². The van der Waals surface area contributed by atoms with Crippen molar-refractivity contribution < 1.29 is 9.47 Å². The summed E-state index contributed by atoms with van der Waals surface area (Å²) < 4.78 is 11.5. The maximum atomic E-state index is 5.84. The zero-order chi connectivity index (χ0) is 20.7. The smallest absolute Gasteiger partial charge is 0.159 e. The number of aryl methyl sites for hydroxylation is 1. The van der Waals surface area contributed by atoms with Gasteiger partial charge in [-0.2, -0.15) is 0 Å². The fourth-order valence-electron chi connectivity index (χ4n) is 3.09. The molecule has 1 aromatic heterocycles. The van der Waals surface area contributed by atoms with E-state index in [0.717, 1.165) is 74.1 Å². The second kappa shape index (κ2) is 14.1. The molecule has 1 atom stereocenters. The average molecular weight is 399 g/mol. The van der Waals surface area contributed by atoms with E-state index < -0.39 is 0 Å². The molecule has 0 saturated heterocycles. The monoisotopic (exact) mass is 398 g/mol. The van der Waals surface area contributed by atoms with Crippen LogP contribution in [0.15, 0.2) is 36.7 Å². The molecule has 0 N–H and O–H groups in total. The molecule has 4 nitrogen and oxygen atoms in total. The van der Waals surface area contributed by atoms with Crippen molar-refractivity contribution in [1.82, 2.24) is 9.97 Å². The van der Waals surface area contributed by atoms with Gasteiger partial charge in [0, 0.05) is 31.2 Å². The minimum absolute atomic E-state index is 0.757. The van der Waals surface area contributed by atoms with Crippen molar-refractivity contribution in [3.8, 4) is 17.1 Å². The Morgan fingerprint density at radius 2 is 1.59 bits per heavy atom. The number of aromatic nitrogens is 2. The third-order valence-electron chi connectivity index (χ3n) is 5.27. The minimum atomic E-state index is 0.757. The van der Waals surface area contributed by atoms with E-state index in [1.54, 1.807) is 0 Å². The SMILES string of the molecule is CCCCCOCCCc1cnc(-c2ccc(OCCCC(C)CC)cc2)nc1. The predicted octanol–water partition coefficient (Wildman–Crippen LogP) is 6.49. The lowest BCUT2D eigenvalue weighted by molar-refractivity contribution is 0.128. The number of rotatable bonds is 15. The molecule has 1 heterocycles. The van der Waals surface area contributed by atoms with Gasteiger partial charge in [-0.3, -0.25) is 0 Å². The Morgan fingerprint density at radius 1 is 0.862 bits per heavy atom. The van der Waals surface area contributed by atoms with Crippen LogP contribution in [0.1, 0.15) is 71.3 Å². The maximum Gasteiger partial charge on any atom is 0.159 e. The van der Waals surface area contributed by atoms with Crippen molar-refractivity contribution >= 4 is 0 Å². The zero-order valence-corrected chi connectivity index (χ0v) is 18.5. The number of nitrogens with zero attached hydrogens (tertiary/aromatic N) is 2. The summed E-state index contributed by atoms with van der Waals surface area (Å²) in [6.07, 6.45) is 13.0. The fourth-order valence-corrected chi connectivity index (χ4v) is 3.09. The number of unbranched alkanes of at least 4 members (excludes halogenated alkanes) is 2. The first-order valence-corrected chi connectivity index (χ1v) is 11.3. The Hall–Kier alpha value is -1.94. The Balaban J connectivity index is 1.70. The molecule has 1 unspecified atom stereocenters. The second-order valence-corrected chi connectivity index (χ2v) is 7.87. The van der Waals surface area contributed by atoms with Crippen molar-refractivity contribution in [3.05, 3.63) is 42.2 Å². The van der Waals surface area contributed by atoms with E-state index in [9.17, 15) is 0 Å². The van der Waals surface area contributed by atoms with E-state index in [2.05, 4.69) is 30.7 Å². The first kappa shape index (κ1) is 23.3. The molecule has 29 heavy (non-hydrogen) atoms. The van der Waals surface area contributed by atoms with Gasteiger partial charge in [-0.05, 0) is 67.9 Å². The molecule has 160 valence electrons. The van der Waals surface area contributed by atoms with Gasteiger partial charge in [0.2, 0.25) is 0 Å². The van der Waals surface area contributed by atoms with E-state index in [0.29, 0.717) is 0 Å². The first-order chi connectivity index (χ1) is 14.2. The van der Waals surface area contributed by atoms with Crippen molar-refractivity contribution in [2.45, 2.75) is 72.1 Å². The third kappa shape index (κ3) is 9.40. The molecule has 0 saturated carbocycles. The highest BCUT2D eigenvalue weighted by Crippen LogP contribution is 2.20. The van der Waals surface area contributed by atoms with Crippen LogP contribution in [0.4, 0.5) is 0 Å². The van der Waals surface area contributed by atoms with Crippen LogP contribution in [-0.2, 0) is 11.2 Å². The van der Waals surface area contributed by atoms with Gasteiger partial charge in [0.25, 0.3) is 0 Å². The van der Waals surface area contributed by atoms with Gasteiger partial charge in [0.15, 0.2) is 5.82 Å². The van der Waals surface area contributed by atoms with E-state index in [-0.39, 0.29) is 0 Å². The van der Waals surface area contributed by atoms with Crippen molar-refractivity contribution in [1.29, 1.82) is 0 Å². The van der Waals surface area contributed by atoms with Crippen molar-refractivity contribution in [2.75, 3.05) is 19.8 Å². The van der Waals surface area contributed by atoms with Crippen LogP contribution in [0, 0.1) is 5.92 Å². The van der Waals surface area contributed by atoms with Gasteiger partial charge < -0.3 is 9.47 Å². The van der Waals surface area contributed by atoms with Crippen LogP contribution in [0.2, 0.25) is 0 Å².